The highest BCUT2D eigenvalue weighted by atomic mass is 16.5. The number of rotatable bonds is 4. The van der Waals surface area contributed by atoms with Crippen LogP contribution in [-0.2, 0) is 16.1 Å². The molecule has 0 aliphatic carbocycles. The highest BCUT2D eigenvalue weighted by molar-refractivity contribution is 5.71. The molecule has 0 atom stereocenters. The van der Waals surface area contributed by atoms with Gasteiger partial charge in [0, 0.05) is 6.54 Å². The lowest BCUT2D eigenvalue weighted by molar-refractivity contribution is -0.139. The van der Waals surface area contributed by atoms with Gasteiger partial charge in [0.1, 0.15) is 0 Å². The van der Waals surface area contributed by atoms with Crippen LogP contribution in [0.15, 0.2) is 18.2 Å². The van der Waals surface area contributed by atoms with E-state index in [2.05, 4.69) is 42.1 Å². The third kappa shape index (κ3) is 3.72. The number of carbonyl (C=O) groups is 1. The van der Waals surface area contributed by atoms with E-state index in [0.29, 0.717) is 6.54 Å². The van der Waals surface area contributed by atoms with Crippen LogP contribution in [0.3, 0.4) is 0 Å². The molecule has 3 nitrogen and oxygen atoms in total. The summed E-state index contributed by atoms with van der Waals surface area (Å²) in [6.07, 6.45) is 0. The molecule has 82 valence electrons. The molecule has 0 fully saturated rings. The first-order valence-corrected chi connectivity index (χ1v) is 4.97. The van der Waals surface area contributed by atoms with Gasteiger partial charge >= 0.3 is 5.97 Å². The van der Waals surface area contributed by atoms with Gasteiger partial charge in [-0.25, -0.2) is 0 Å². The van der Waals surface area contributed by atoms with E-state index < -0.39 is 0 Å². The Bertz CT molecular complexity index is 347. The lowest BCUT2D eigenvalue weighted by Crippen LogP contribution is -2.23. The Labute approximate surface area is 90.4 Å². The summed E-state index contributed by atoms with van der Waals surface area (Å²) in [5.74, 6) is -0.237. The van der Waals surface area contributed by atoms with Crippen LogP contribution in [0.25, 0.3) is 0 Å². The van der Waals surface area contributed by atoms with E-state index in [9.17, 15) is 4.79 Å². The summed E-state index contributed by atoms with van der Waals surface area (Å²) in [4.78, 5) is 10.8. The largest absolute Gasteiger partial charge is 0.468 e. The molecule has 0 spiro atoms. The topological polar surface area (TPSA) is 38.3 Å². The van der Waals surface area contributed by atoms with Crippen molar-refractivity contribution in [2.75, 3.05) is 13.7 Å². The SMILES string of the molecule is COC(=O)CNCc1ccc(C)c(C)c1. The fourth-order valence-electron chi connectivity index (χ4n) is 1.29. The lowest BCUT2D eigenvalue weighted by atomic mass is 10.1. The highest BCUT2D eigenvalue weighted by Gasteiger charge is 2.00. The van der Waals surface area contributed by atoms with Crippen LogP contribution >= 0.6 is 0 Å². The van der Waals surface area contributed by atoms with E-state index in [1.807, 2.05) is 0 Å². The second-order valence-corrected chi connectivity index (χ2v) is 3.60. The van der Waals surface area contributed by atoms with Gasteiger partial charge < -0.3 is 10.1 Å². The Morgan fingerprint density at radius 3 is 2.67 bits per heavy atom. The van der Waals surface area contributed by atoms with Crippen LogP contribution in [0.5, 0.6) is 0 Å². The number of benzene rings is 1. The van der Waals surface area contributed by atoms with Gasteiger partial charge in [-0.05, 0) is 30.5 Å². The molecule has 0 unspecified atom stereocenters. The second-order valence-electron chi connectivity index (χ2n) is 3.60. The van der Waals surface area contributed by atoms with Crippen LogP contribution < -0.4 is 5.32 Å². The lowest BCUT2D eigenvalue weighted by Gasteiger charge is -2.06. The number of ether oxygens (including phenoxy) is 1. The van der Waals surface area contributed by atoms with Gasteiger partial charge in [0.15, 0.2) is 0 Å². The molecule has 0 aliphatic heterocycles. The number of methoxy groups -OCH3 is 1. The van der Waals surface area contributed by atoms with E-state index in [4.69, 9.17) is 0 Å². The van der Waals surface area contributed by atoms with E-state index >= 15 is 0 Å². The third-order valence-corrected chi connectivity index (χ3v) is 2.40. The van der Waals surface area contributed by atoms with Crippen LogP contribution in [0, 0.1) is 13.8 Å². The predicted molar refractivity (Wildman–Crippen MR) is 59.6 cm³/mol. The van der Waals surface area contributed by atoms with Crippen molar-refractivity contribution in [2.24, 2.45) is 0 Å². The maximum atomic E-state index is 10.8. The Hall–Kier alpha value is -1.35. The van der Waals surface area contributed by atoms with Crippen molar-refractivity contribution >= 4 is 5.97 Å². The van der Waals surface area contributed by atoms with Crippen molar-refractivity contribution < 1.29 is 9.53 Å². The van der Waals surface area contributed by atoms with Gasteiger partial charge in [0.2, 0.25) is 0 Å². The van der Waals surface area contributed by atoms with Crippen LogP contribution in [0.1, 0.15) is 16.7 Å². The van der Waals surface area contributed by atoms with Gasteiger partial charge in [0.05, 0.1) is 13.7 Å². The fraction of sp³-hybridized carbons (Fsp3) is 0.417. The number of esters is 1. The predicted octanol–water partition coefficient (Wildman–Crippen LogP) is 1.57. The summed E-state index contributed by atoms with van der Waals surface area (Å²) in [5, 5.41) is 3.02. The smallest absolute Gasteiger partial charge is 0.319 e. The molecule has 0 aromatic heterocycles. The summed E-state index contributed by atoms with van der Waals surface area (Å²) >= 11 is 0. The number of hydrogen-bond donors (Lipinski definition) is 1. The molecule has 0 saturated heterocycles. The molecule has 0 amide bonds. The first-order valence-electron chi connectivity index (χ1n) is 4.97. The van der Waals surface area contributed by atoms with Crippen LogP contribution in [0.4, 0.5) is 0 Å². The number of hydrogen-bond acceptors (Lipinski definition) is 3. The van der Waals surface area contributed by atoms with Gasteiger partial charge in [-0.1, -0.05) is 18.2 Å². The number of aryl methyl sites for hydroxylation is 2. The number of carbonyl (C=O) groups excluding carboxylic acids is 1. The van der Waals surface area contributed by atoms with E-state index in [-0.39, 0.29) is 12.5 Å². The molecule has 0 saturated carbocycles. The summed E-state index contributed by atoms with van der Waals surface area (Å²) in [5.41, 5.74) is 3.74. The van der Waals surface area contributed by atoms with Crippen molar-refractivity contribution in [3.63, 3.8) is 0 Å². The molecule has 1 aromatic rings. The first kappa shape index (κ1) is 11.7. The zero-order valence-corrected chi connectivity index (χ0v) is 9.46. The minimum atomic E-state index is -0.237. The summed E-state index contributed by atoms with van der Waals surface area (Å²) in [6.45, 7) is 5.11. The molecular weight excluding hydrogens is 190 g/mol. The average molecular weight is 207 g/mol. The summed E-state index contributed by atoms with van der Waals surface area (Å²) < 4.78 is 4.53. The van der Waals surface area contributed by atoms with E-state index in [1.165, 1.54) is 23.8 Å². The van der Waals surface area contributed by atoms with E-state index in [0.717, 1.165) is 0 Å². The Kier molecular flexibility index (Phi) is 4.31. The van der Waals surface area contributed by atoms with Crippen LogP contribution in [0.2, 0.25) is 0 Å². The molecule has 1 aromatic carbocycles. The van der Waals surface area contributed by atoms with Crippen molar-refractivity contribution in [3.8, 4) is 0 Å². The van der Waals surface area contributed by atoms with Gasteiger partial charge in [-0.3, -0.25) is 4.79 Å². The average Bonchev–Trinajstić information content (AvgIpc) is 2.23. The highest BCUT2D eigenvalue weighted by Crippen LogP contribution is 2.09. The summed E-state index contributed by atoms with van der Waals surface area (Å²) in [6, 6.07) is 6.27. The van der Waals surface area contributed by atoms with Crippen molar-refractivity contribution in [3.05, 3.63) is 34.9 Å². The molecule has 0 aliphatic rings. The molecule has 1 rings (SSSR count). The molecule has 0 radical (unpaired) electrons. The molecule has 0 heterocycles. The molecule has 3 heteroatoms. The van der Waals surface area contributed by atoms with Gasteiger partial charge in [0.25, 0.3) is 0 Å². The maximum absolute atomic E-state index is 10.8. The van der Waals surface area contributed by atoms with Crippen molar-refractivity contribution in [1.29, 1.82) is 0 Å². The quantitative estimate of drug-likeness (QED) is 0.761. The Morgan fingerprint density at radius 1 is 1.33 bits per heavy atom. The first-order chi connectivity index (χ1) is 7.13. The summed E-state index contributed by atoms with van der Waals surface area (Å²) in [7, 11) is 1.39. The fourth-order valence-corrected chi connectivity index (χ4v) is 1.29. The van der Waals surface area contributed by atoms with E-state index in [1.54, 1.807) is 0 Å². The van der Waals surface area contributed by atoms with Crippen molar-refractivity contribution in [2.45, 2.75) is 20.4 Å². The minimum absolute atomic E-state index is 0.237. The third-order valence-electron chi connectivity index (χ3n) is 2.40. The molecule has 15 heavy (non-hydrogen) atoms. The maximum Gasteiger partial charge on any atom is 0.319 e. The minimum Gasteiger partial charge on any atom is -0.468 e. The Morgan fingerprint density at radius 2 is 2.07 bits per heavy atom. The van der Waals surface area contributed by atoms with Gasteiger partial charge in [-0.15, -0.1) is 0 Å². The van der Waals surface area contributed by atoms with Crippen LogP contribution in [-0.4, -0.2) is 19.6 Å². The monoisotopic (exact) mass is 207 g/mol. The standard InChI is InChI=1S/C12H17NO2/c1-9-4-5-11(6-10(9)2)7-13-8-12(14)15-3/h4-6,13H,7-8H2,1-3H3. The molecule has 0 bridgehead atoms. The normalized spacial score (nSPS) is 10.1. The van der Waals surface area contributed by atoms with Crippen molar-refractivity contribution in [1.82, 2.24) is 5.32 Å². The number of nitrogens with one attached hydrogen (secondary N) is 1. The molecule has 1 N–H and O–H groups in total. The second kappa shape index (κ2) is 5.51. The molecular formula is C12H17NO2. The zero-order chi connectivity index (χ0) is 11.3. The Balaban J connectivity index is 2.44. The van der Waals surface area contributed by atoms with Gasteiger partial charge in [-0.2, -0.15) is 0 Å². The zero-order valence-electron chi connectivity index (χ0n) is 9.46.